The Morgan fingerprint density at radius 1 is 1.07 bits per heavy atom. The number of thiazole rings is 1. The summed E-state index contributed by atoms with van der Waals surface area (Å²) in [6.07, 6.45) is 0.704. The van der Waals surface area contributed by atoms with E-state index in [-0.39, 0.29) is 17.5 Å². The summed E-state index contributed by atoms with van der Waals surface area (Å²) in [7, 11) is 0. The molecule has 2 aromatic carbocycles. The van der Waals surface area contributed by atoms with E-state index in [1.54, 1.807) is 0 Å². The number of benzene rings is 2. The van der Waals surface area contributed by atoms with Gasteiger partial charge in [-0.2, -0.15) is 0 Å². The Morgan fingerprint density at radius 2 is 1.75 bits per heavy atom. The maximum Gasteiger partial charge on any atom is 0.325 e. The molecule has 2 amide bonds. The van der Waals surface area contributed by atoms with Gasteiger partial charge in [-0.15, -0.1) is 11.3 Å². The standard InChI is InChI=1S/C22H26N4OS/c1-22(2,3)16-11-7-8-12-18(16)24-20(27)26-21-25-19(14-28-21)17(23)13-15-9-5-4-6-10-15/h4-12,14,17H,13,23H2,1-3H3,(H2,24,25,26,27). The van der Waals surface area contributed by atoms with E-state index in [0.29, 0.717) is 11.6 Å². The van der Waals surface area contributed by atoms with Gasteiger partial charge in [0.15, 0.2) is 5.13 Å². The van der Waals surface area contributed by atoms with E-state index in [9.17, 15) is 4.79 Å². The summed E-state index contributed by atoms with van der Waals surface area (Å²) in [5, 5.41) is 8.17. The first-order valence-electron chi connectivity index (χ1n) is 9.25. The second-order valence-corrected chi connectivity index (χ2v) is 8.61. The summed E-state index contributed by atoms with van der Waals surface area (Å²) >= 11 is 1.37. The number of nitrogens with zero attached hydrogens (tertiary/aromatic N) is 1. The minimum atomic E-state index is -0.311. The van der Waals surface area contributed by atoms with Crippen LogP contribution in [0.1, 0.15) is 43.6 Å². The highest BCUT2D eigenvalue weighted by Gasteiger charge is 2.19. The molecule has 6 heteroatoms. The number of aromatic nitrogens is 1. The molecule has 0 aliphatic carbocycles. The normalized spacial score (nSPS) is 12.4. The molecule has 1 aromatic heterocycles. The number of amides is 2. The fourth-order valence-corrected chi connectivity index (χ4v) is 3.75. The lowest BCUT2D eigenvalue weighted by Gasteiger charge is -2.22. The second kappa shape index (κ2) is 8.54. The highest BCUT2D eigenvalue weighted by Crippen LogP contribution is 2.29. The van der Waals surface area contributed by atoms with E-state index >= 15 is 0 Å². The molecule has 0 bridgehead atoms. The first-order valence-corrected chi connectivity index (χ1v) is 10.1. The molecule has 28 heavy (non-hydrogen) atoms. The van der Waals surface area contributed by atoms with Crippen molar-refractivity contribution in [2.24, 2.45) is 5.73 Å². The number of urea groups is 1. The van der Waals surface area contributed by atoms with Crippen LogP contribution in [-0.2, 0) is 11.8 Å². The zero-order chi connectivity index (χ0) is 20.1. The number of carbonyl (C=O) groups is 1. The molecule has 1 unspecified atom stereocenters. The smallest absolute Gasteiger partial charge is 0.322 e. The van der Waals surface area contributed by atoms with Crippen LogP contribution in [0.3, 0.4) is 0 Å². The van der Waals surface area contributed by atoms with Crippen LogP contribution in [0.25, 0.3) is 0 Å². The quantitative estimate of drug-likeness (QED) is 0.547. The Hall–Kier alpha value is -2.70. The van der Waals surface area contributed by atoms with E-state index in [4.69, 9.17) is 5.73 Å². The molecule has 146 valence electrons. The number of carbonyl (C=O) groups excluding carboxylic acids is 1. The zero-order valence-corrected chi connectivity index (χ0v) is 17.2. The first-order chi connectivity index (χ1) is 13.3. The fourth-order valence-electron chi connectivity index (χ4n) is 2.98. The Kier molecular flexibility index (Phi) is 6.11. The van der Waals surface area contributed by atoms with Gasteiger partial charge in [-0.05, 0) is 29.0 Å². The zero-order valence-electron chi connectivity index (χ0n) is 16.4. The summed E-state index contributed by atoms with van der Waals surface area (Å²) in [5.41, 5.74) is 10.0. The minimum Gasteiger partial charge on any atom is -0.322 e. The Balaban J connectivity index is 1.63. The van der Waals surface area contributed by atoms with Crippen LogP contribution < -0.4 is 16.4 Å². The molecule has 0 saturated carbocycles. The van der Waals surface area contributed by atoms with Crippen molar-refractivity contribution in [3.8, 4) is 0 Å². The summed E-state index contributed by atoms with van der Waals surface area (Å²) in [6, 6.07) is 17.4. The lowest BCUT2D eigenvalue weighted by atomic mass is 9.86. The highest BCUT2D eigenvalue weighted by molar-refractivity contribution is 7.13. The number of hydrogen-bond acceptors (Lipinski definition) is 4. The third kappa shape index (κ3) is 5.18. The van der Waals surface area contributed by atoms with Crippen molar-refractivity contribution in [3.63, 3.8) is 0 Å². The molecule has 0 aliphatic rings. The molecule has 3 rings (SSSR count). The van der Waals surface area contributed by atoms with E-state index in [0.717, 1.165) is 22.5 Å². The van der Waals surface area contributed by atoms with E-state index in [1.807, 2.05) is 60.0 Å². The van der Waals surface area contributed by atoms with Crippen molar-refractivity contribution in [1.29, 1.82) is 0 Å². The fraction of sp³-hybridized carbons (Fsp3) is 0.273. The molecule has 0 fully saturated rings. The number of hydrogen-bond donors (Lipinski definition) is 3. The van der Waals surface area contributed by atoms with Crippen molar-refractivity contribution in [1.82, 2.24) is 4.98 Å². The predicted molar refractivity (Wildman–Crippen MR) is 117 cm³/mol. The Labute approximate surface area is 170 Å². The number of nitrogens with one attached hydrogen (secondary N) is 2. The van der Waals surface area contributed by atoms with Crippen LogP contribution in [0.4, 0.5) is 15.6 Å². The van der Waals surface area contributed by atoms with Crippen molar-refractivity contribution < 1.29 is 4.79 Å². The maximum atomic E-state index is 12.4. The lowest BCUT2D eigenvalue weighted by molar-refractivity contribution is 0.262. The minimum absolute atomic E-state index is 0.0670. The molecule has 1 heterocycles. The van der Waals surface area contributed by atoms with Gasteiger partial charge in [-0.1, -0.05) is 69.3 Å². The monoisotopic (exact) mass is 394 g/mol. The third-order valence-electron chi connectivity index (χ3n) is 4.40. The van der Waals surface area contributed by atoms with Gasteiger partial charge in [0.1, 0.15) is 0 Å². The van der Waals surface area contributed by atoms with Crippen LogP contribution in [0.15, 0.2) is 60.0 Å². The van der Waals surface area contributed by atoms with Crippen LogP contribution in [-0.4, -0.2) is 11.0 Å². The highest BCUT2D eigenvalue weighted by atomic mass is 32.1. The van der Waals surface area contributed by atoms with Gasteiger partial charge in [-0.3, -0.25) is 5.32 Å². The second-order valence-electron chi connectivity index (χ2n) is 7.75. The average molecular weight is 395 g/mol. The molecular weight excluding hydrogens is 368 g/mol. The van der Waals surface area contributed by atoms with Gasteiger partial charge in [0.25, 0.3) is 0 Å². The van der Waals surface area contributed by atoms with Crippen molar-refractivity contribution in [3.05, 3.63) is 76.8 Å². The average Bonchev–Trinajstić information content (AvgIpc) is 3.10. The topological polar surface area (TPSA) is 80.0 Å². The van der Waals surface area contributed by atoms with Gasteiger partial charge in [-0.25, -0.2) is 9.78 Å². The van der Waals surface area contributed by atoms with Crippen molar-refractivity contribution in [2.45, 2.75) is 38.6 Å². The number of rotatable bonds is 5. The molecule has 0 saturated heterocycles. The van der Waals surface area contributed by atoms with Crippen LogP contribution in [0, 0.1) is 0 Å². The summed E-state index contributed by atoms with van der Waals surface area (Å²) in [4.78, 5) is 16.9. The molecule has 1 atom stereocenters. The Morgan fingerprint density at radius 3 is 2.46 bits per heavy atom. The number of nitrogens with two attached hydrogens (primary N) is 1. The molecule has 4 N–H and O–H groups in total. The Bertz CT molecular complexity index is 931. The van der Waals surface area contributed by atoms with E-state index < -0.39 is 0 Å². The summed E-state index contributed by atoms with van der Waals surface area (Å²) < 4.78 is 0. The SMILES string of the molecule is CC(C)(C)c1ccccc1NC(=O)Nc1nc(C(N)Cc2ccccc2)cs1. The number of anilines is 2. The predicted octanol–water partition coefficient (Wildman–Crippen LogP) is 5.33. The van der Waals surface area contributed by atoms with E-state index in [2.05, 4.69) is 36.4 Å². The van der Waals surface area contributed by atoms with Crippen LogP contribution in [0.2, 0.25) is 0 Å². The van der Waals surface area contributed by atoms with E-state index in [1.165, 1.54) is 11.3 Å². The summed E-state index contributed by atoms with van der Waals surface area (Å²) in [6.45, 7) is 6.35. The van der Waals surface area contributed by atoms with Gasteiger partial charge in [0.05, 0.1) is 11.7 Å². The molecular formula is C22H26N4OS. The third-order valence-corrected chi connectivity index (χ3v) is 5.18. The van der Waals surface area contributed by atoms with Gasteiger partial charge < -0.3 is 11.1 Å². The lowest BCUT2D eigenvalue weighted by Crippen LogP contribution is -2.23. The first kappa shape index (κ1) is 20.0. The van der Waals surface area contributed by atoms with Crippen molar-refractivity contribution >= 4 is 28.2 Å². The van der Waals surface area contributed by atoms with Crippen molar-refractivity contribution in [2.75, 3.05) is 10.6 Å². The molecule has 0 radical (unpaired) electrons. The molecule has 3 aromatic rings. The van der Waals surface area contributed by atoms with Crippen LogP contribution >= 0.6 is 11.3 Å². The molecule has 5 nitrogen and oxygen atoms in total. The van der Waals surface area contributed by atoms with Gasteiger partial charge in [0, 0.05) is 11.1 Å². The van der Waals surface area contributed by atoms with Crippen LogP contribution in [0.5, 0.6) is 0 Å². The molecule has 0 aliphatic heterocycles. The molecule has 0 spiro atoms. The summed E-state index contributed by atoms with van der Waals surface area (Å²) in [5.74, 6) is 0. The number of para-hydroxylation sites is 1. The maximum absolute atomic E-state index is 12.4. The van der Waals surface area contributed by atoms with Gasteiger partial charge >= 0.3 is 6.03 Å². The largest absolute Gasteiger partial charge is 0.325 e. The van der Waals surface area contributed by atoms with Gasteiger partial charge in [0.2, 0.25) is 0 Å².